The van der Waals surface area contributed by atoms with Crippen LogP contribution in [0.4, 0.5) is 0 Å². The molecule has 0 aromatic rings. The van der Waals surface area contributed by atoms with E-state index in [1.165, 1.54) is 39.0 Å². The summed E-state index contributed by atoms with van der Waals surface area (Å²) in [6.45, 7) is 5.60. The van der Waals surface area contributed by atoms with Crippen molar-refractivity contribution in [1.82, 2.24) is 10.0 Å². The molecule has 0 bridgehead atoms. The van der Waals surface area contributed by atoms with E-state index in [2.05, 4.69) is 17.0 Å². The maximum atomic E-state index is 11.6. The van der Waals surface area contributed by atoms with Crippen LogP contribution in [-0.4, -0.2) is 46.4 Å². The van der Waals surface area contributed by atoms with Crippen molar-refractivity contribution < 1.29 is 17.9 Å². The number of nitrogens with one attached hydrogen (secondary N) is 2. The molecule has 0 aromatic heterocycles. The Kier molecular flexibility index (Phi) is 12.5. The van der Waals surface area contributed by atoms with Crippen LogP contribution >= 0.6 is 0 Å². The first-order valence-corrected chi connectivity index (χ1v) is 10.1. The van der Waals surface area contributed by atoms with Gasteiger partial charge in [0.05, 0.1) is 12.3 Å². The Bertz CT molecular complexity index is 385. The molecule has 6 nitrogen and oxygen atoms in total. The molecule has 0 saturated carbocycles. The van der Waals surface area contributed by atoms with Gasteiger partial charge in [-0.3, -0.25) is 4.79 Å². The van der Waals surface area contributed by atoms with Gasteiger partial charge >= 0.3 is 0 Å². The normalized spacial score (nSPS) is 13.0. The van der Waals surface area contributed by atoms with Crippen molar-refractivity contribution >= 4 is 15.9 Å². The zero-order valence-electron chi connectivity index (χ0n) is 14.2. The van der Waals surface area contributed by atoms with Gasteiger partial charge in [0.1, 0.15) is 0 Å². The molecule has 0 aliphatic heterocycles. The van der Waals surface area contributed by atoms with Crippen molar-refractivity contribution in [2.45, 2.75) is 64.8 Å². The molecule has 132 valence electrons. The van der Waals surface area contributed by atoms with Crippen LogP contribution in [0.25, 0.3) is 0 Å². The van der Waals surface area contributed by atoms with Gasteiger partial charge in [0.2, 0.25) is 15.9 Å². The quantitative estimate of drug-likeness (QED) is 0.474. The number of carbonyl (C=O) groups is 1. The fourth-order valence-electron chi connectivity index (χ4n) is 2.00. The first kappa shape index (κ1) is 21.3. The van der Waals surface area contributed by atoms with Gasteiger partial charge in [-0.05, 0) is 19.8 Å². The van der Waals surface area contributed by atoms with E-state index in [1.807, 2.05) is 0 Å². The van der Waals surface area contributed by atoms with Gasteiger partial charge in [0, 0.05) is 19.8 Å². The number of sulfonamides is 1. The average molecular weight is 336 g/mol. The van der Waals surface area contributed by atoms with Crippen LogP contribution in [0.3, 0.4) is 0 Å². The van der Waals surface area contributed by atoms with Gasteiger partial charge < -0.3 is 10.1 Å². The zero-order valence-corrected chi connectivity index (χ0v) is 15.0. The Morgan fingerprint density at radius 2 is 1.64 bits per heavy atom. The lowest BCUT2D eigenvalue weighted by molar-refractivity contribution is -0.122. The van der Waals surface area contributed by atoms with Crippen molar-refractivity contribution in [3.8, 4) is 0 Å². The monoisotopic (exact) mass is 336 g/mol. The Hall–Kier alpha value is -0.660. The third-order valence-corrected chi connectivity index (χ3v) is 3.97. The van der Waals surface area contributed by atoms with Crippen LogP contribution in [0.2, 0.25) is 0 Å². The van der Waals surface area contributed by atoms with Crippen LogP contribution in [0.5, 0.6) is 0 Å². The summed E-state index contributed by atoms with van der Waals surface area (Å²) in [5.41, 5.74) is 0. The van der Waals surface area contributed by atoms with E-state index in [4.69, 9.17) is 4.74 Å². The smallest absolute Gasteiger partial charge is 0.237 e. The van der Waals surface area contributed by atoms with Gasteiger partial charge in [0.15, 0.2) is 0 Å². The lowest BCUT2D eigenvalue weighted by atomic mass is 10.1. The maximum Gasteiger partial charge on any atom is 0.237 e. The standard InChI is InChI=1S/C15H32N2O4S/c1-4-5-6-7-8-9-12-21-13-10-11-16-15(18)14(2)17-22(3,19)20/h14,17H,4-13H2,1-3H3,(H,16,18). The highest BCUT2D eigenvalue weighted by Crippen LogP contribution is 2.04. The number of hydrogen-bond donors (Lipinski definition) is 2. The summed E-state index contributed by atoms with van der Waals surface area (Å²) >= 11 is 0. The van der Waals surface area contributed by atoms with Gasteiger partial charge in [-0.2, -0.15) is 0 Å². The van der Waals surface area contributed by atoms with Crippen molar-refractivity contribution in [3.63, 3.8) is 0 Å². The minimum absolute atomic E-state index is 0.318. The SMILES string of the molecule is CCCCCCCCOCCCNC(=O)C(C)NS(C)(=O)=O. The van der Waals surface area contributed by atoms with E-state index in [0.717, 1.165) is 25.7 Å². The van der Waals surface area contributed by atoms with E-state index in [-0.39, 0.29) is 5.91 Å². The summed E-state index contributed by atoms with van der Waals surface area (Å²) in [7, 11) is -3.36. The molecule has 1 amide bonds. The Morgan fingerprint density at radius 1 is 1.05 bits per heavy atom. The second kappa shape index (κ2) is 12.8. The first-order valence-electron chi connectivity index (χ1n) is 8.19. The summed E-state index contributed by atoms with van der Waals surface area (Å²) in [6, 6.07) is -0.751. The highest BCUT2D eigenvalue weighted by Gasteiger charge is 2.15. The minimum Gasteiger partial charge on any atom is -0.381 e. The summed E-state index contributed by atoms with van der Waals surface area (Å²) in [6.07, 6.45) is 9.23. The molecule has 0 aliphatic carbocycles. The maximum absolute atomic E-state index is 11.6. The van der Waals surface area contributed by atoms with Crippen LogP contribution < -0.4 is 10.0 Å². The number of amides is 1. The van der Waals surface area contributed by atoms with Gasteiger partial charge in [0.25, 0.3) is 0 Å². The van der Waals surface area contributed by atoms with E-state index in [9.17, 15) is 13.2 Å². The Morgan fingerprint density at radius 3 is 2.27 bits per heavy atom. The molecule has 1 atom stereocenters. The summed E-state index contributed by atoms with van der Waals surface area (Å²) in [4.78, 5) is 11.6. The van der Waals surface area contributed by atoms with E-state index >= 15 is 0 Å². The number of ether oxygens (including phenoxy) is 1. The molecule has 0 fully saturated rings. The summed E-state index contributed by atoms with van der Waals surface area (Å²) in [5, 5.41) is 2.68. The molecule has 0 heterocycles. The topological polar surface area (TPSA) is 84.5 Å². The van der Waals surface area contributed by atoms with Gasteiger partial charge in [-0.25, -0.2) is 13.1 Å². The fraction of sp³-hybridized carbons (Fsp3) is 0.933. The molecule has 7 heteroatoms. The lowest BCUT2D eigenvalue weighted by Crippen LogP contribution is -2.44. The van der Waals surface area contributed by atoms with Crippen molar-refractivity contribution in [1.29, 1.82) is 0 Å². The van der Waals surface area contributed by atoms with Gasteiger partial charge in [-0.1, -0.05) is 39.0 Å². The summed E-state index contributed by atoms with van der Waals surface area (Å²) < 4.78 is 29.7. The predicted molar refractivity (Wildman–Crippen MR) is 89.3 cm³/mol. The van der Waals surface area contributed by atoms with Crippen molar-refractivity contribution in [3.05, 3.63) is 0 Å². The lowest BCUT2D eigenvalue weighted by Gasteiger charge is -2.12. The molecule has 0 spiro atoms. The molecule has 0 rings (SSSR count). The zero-order chi connectivity index (χ0) is 16.8. The molecule has 0 radical (unpaired) electrons. The van der Waals surface area contributed by atoms with Crippen LogP contribution in [-0.2, 0) is 19.6 Å². The van der Waals surface area contributed by atoms with Crippen molar-refractivity contribution in [2.24, 2.45) is 0 Å². The average Bonchev–Trinajstić information content (AvgIpc) is 2.42. The van der Waals surface area contributed by atoms with Crippen LogP contribution in [0.15, 0.2) is 0 Å². The second-order valence-corrected chi connectivity index (χ2v) is 7.42. The predicted octanol–water partition coefficient (Wildman–Crippen LogP) is 1.81. The highest BCUT2D eigenvalue weighted by molar-refractivity contribution is 7.88. The van der Waals surface area contributed by atoms with E-state index in [1.54, 1.807) is 0 Å². The van der Waals surface area contributed by atoms with Crippen LogP contribution in [0.1, 0.15) is 58.8 Å². The molecule has 0 aliphatic rings. The molecular formula is C15H32N2O4S. The third-order valence-electron chi connectivity index (χ3n) is 3.19. The molecule has 0 aromatic carbocycles. The molecule has 22 heavy (non-hydrogen) atoms. The van der Waals surface area contributed by atoms with Crippen LogP contribution in [0, 0.1) is 0 Å². The molecule has 1 unspecified atom stereocenters. The van der Waals surface area contributed by atoms with E-state index in [0.29, 0.717) is 13.2 Å². The fourth-order valence-corrected chi connectivity index (χ4v) is 2.75. The first-order chi connectivity index (χ1) is 10.4. The number of unbranched alkanes of at least 4 members (excludes halogenated alkanes) is 5. The Labute approximate surface area is 135 Å². The number of rotatable bonds is 14. The van der Waals surface area contributed by atoms with Gasteiger partial charge in [-0.15, -0.1) is 0 Å². The number of carbonyl (C=O) groups excluding carboxylic acids is 1. The summed E-state index contributed by atoms with van der Waals surface area (Å²) in [5.74, 6) is -0.318. The van der Waals surface area contributed by atoms with Crippen molar-refractivity contribution in [2.75, 3.05) is 26.0 Å². The highest BCUT2D eigenvalue weighted by atomic mass is 32.2. The van der Waals surface area contributed by atoms with E-state index < -0.39 is 16.1 Å². The second-order valence-electron chi connectivity index (χ2n) is 5.64. The minimum atomic E-state index is -3.36. The largest absolute Gasteiger partial charge is 0.381 e. The Balaban J connectivity index is 3.40. The molecule has 0 saturated heterocycles. The number of hydrogen-bond acceptors (Lipinski definition) is 4. The molecular weight excluding hydrogens is 304 g/mol. The third kappa shape index (κ3) is 14.3. The molecule has 2 N–H and O–H groups in total.